The quantitative estimate of drug-likeness (QED) is 0.211. The molecule has 0 aliphatic rings. The first-order chi connectivity index (χ1) is 13.8. The summed E-state index contributed by atoms with van der Waals surface area (Å²) < 4.78 is 0. The van der Waals surface area contributed by atoms with E-state index < -0.39 is 17.0 Å². The van der Waals surface area contributed by atoms with E-state index in [1.807, 2.05) is 0 Å². The van der Waals surface area contributed by atoms with Crippen molar-refractivity contribution in [3.8, 4) is 0 Å². The van der Waals surface area contributed by atoms with Crippen molar-refractivity contribution in [2.75, 3.05) is 13.1 Å². The van der Waals surface area contributed by atoms with Crippen LogP contribution in [-0.4, -0.2) is 13.1 Å². The second-order valence-electron chi connectivity index (χ2n) is 6.25. The van der Waals surface area contributed by atoms with Crippen LogP contribution >= 0.6 is 18.6 Å². The molecule has 0 aromatic heterocycles. The fraction of sp³-hybridized carbons (Fsp3) is 0.130. The number of hydrogen-bond donors (Lipinski definition) is 0. The molecule has 4 aromatic carbocycles. The SMILES string of the molecule is [Cl][Ti][Cl].c1ccc2cc([N-]CCC[N-]c3ccc4ccccc4c3)ccc2c1. The van der Waals surface area contributed by atoms with Gasteiger partial charge < -0.3 is 10.6 Å². The van der Waals surface area contributed by atoms with Crippen LogP contribution < -0.4 is 0 Å². The summed E-state index contributed by atoms with van der Waals surface area (Å²) in [6.45, 7) is 1.60. The van der Waals surface area contributed by atoms with E-state index in [0.717, 1.165) is 30.9 Å². The normalized spacial score (nSPS) is 10.2. The third-order valence-corrected chi connectivity index (χ3v) is 4.37. The van der Waals surface area contributed by atoms with Crippen molar-refractivity contribution in [1.29, 1.82) is 0 Å². The molecule has 28 heavy (non-hydrogen) atoms. The monoisotopic (exact) mass is 442 g/mol. The van der Waals surface area contributed by atoms with Crippen molar-refractivity contribution in [1.82, 2.24) is 0 Å². The zero-order chi connectivity index (χ0) is 19.6. The Labute approximate surface area is 182 Å². The van der Waals surface area contributed by atoms with Gasteiger partial charge in [-0.15, -0.1) is 24.5 Å². The topological polar surface area (TPSA) is 28.2 Å². The summed E-state index contributed by atoms with van der Waals surface area (Å²) >= 11 is -0.556. The van der Waals surface area contributed by atoms with Crippen LogP contribution in [0.1, 0.15) is 6.42 Å². The molecule has 0 saturated heterocycles. The molecule has 0 bridgehead atoms. The van der Waals surface area contributed by atoms with Crippen molar-refractivity contribution in [2.45, 2.75) is 6.42 Å². The van der Waals surface area contributed by atoms with Gasteiger partial charge in [0.05, 0.1) is 0 Å². The molecule has 0 heterocycles. The Morgan fingerprint density at radius 3 is 1.39 bits per heavy atom. The van der Waals surface area contributed by atoms with Gasteiger partial charge in [0.2, 0.25) is 0 Å². The average Bonchev–Trinajstić information content (AvgIpc) is 2.74. The van der Waals surface area contributed by atoms with Gasteiger partial charge in [-0.1, -0.05) is 91.3 Å². The molecule has 0 aliphatic carbocycles. The predicted octanol–water partition coefficient (Wildman–Crippen LogP) is 8.47. The zero-order valence-electron chi connectivity index (χ0n) is 15.4. The van der Waals surface area contributed by atoms with Crippen LogP contribution in [0.15, 0.2) is 84.9 Å². The van der Waals surface area contributed by atoms with Gasteiger partial charge in [0.25, 0.3) is 0 Å². The average molecular weight is 443 g/mol. The number of nitrogens with zero attached hydrogens (tertiary/aromatic N) is 2. The summed E-state index contributed by atoms with van der Waals surface area (Å²) in [4.78, 5) is 0. The summed E-state index contributed by atoms with van der Waals surface area (Å²) in [5.41, 5.74) is 2.09. The van der Waals surface area contributed by atoms with Crippen LogP contribution in [0.25, 0.3) is 32.2 Å². The molecule has 0 spiro atoms. The first-order valence-corrected chi connectivity index (χ1v) is 13.4. The second-order valence-corrected chi connectivity index (χ2v) is 8.83. The second kappa shape index (κ2) is 11.3. The van der Waals surface area contributed by atoms with E-state index >= 15 is 0 Å². The van der Waals surface area contributed by atoms with E-state index in [0.29, 0.717) is 0 Å². The van der Waals surface area contributed by atoms with Gasteiger partial charge in [-0.25, -0.2) is 0 Å². The summed E-state index contributed by atoms with van der Waals surface area (Å²) in [6.07, 6.45) is 0.958. The first-order valence-electron chi connectivity index (χ1n) is 9.09. The Bertz CT molecular complexity index is 942. The zero-order valence-corrected chi connectivity index (χ0v) is 18.4. The summed E-state index contributed by atoms with van der Waals surface area (Å²) in [7, 11) is 9.78. The largest absolute Gasteiger partial charge is 0.684 e. The third kappa shape index (κ3) is 6.15. The molecule has 0 N–H and O–H groups in total. The predicted molar refractivity (Wildman–Crippen MR) is 120 cm³/mol. The number of halogens is 2. The van der Waals surface area contributed by atoms with Crippen molar-refractivity contribution in [3.05, 3.63) is 95.6 Å². The van der Waals surface area contributed by atoms with Gasteiger partial charge in [-0.3, -0.25) is 0 Å². The van der Waals surface area contributed by atoms with E-state index in [1.165, 1.54) is 21.5 Å². The van der Waals surface area contributed by atoms with Crippen LogP contribution in [-0.2, 0) is 17.0 Å². The maximum absolute atomic E-state index is 4.89. The van der Waals surface area contributed by atoms with Crippen LogP contribution in [0.3, 0.4) is 0 Å². The first kappa shape index (κ1) is 21.0. The minimum Gasteiger partial charge on any atom is -0.684 e. The Morgan fingerprint density at radius 1 is 0.571 bits per heavy atom. The van der Waals surface area contributed by atoms with E-state index in [9.17, 15) is 0 Å². The molecule has 0 saturated carbocycles. The Balaban J connectivity index is 0.000000706. The van der Waals surface area contributed by atoms with Gasteiger partial charge in [-0.2, -0.15) is 0 Å². The number of hydrogen-bond acceptors (Lipinski definition) is 0. The minimum absolute atomic E-state index is 0.556. The molecule has 5 heteroatoms. The summed E-state index contributed by atoms with van der Waals surface area (Å²) in [5, 5.41) is 14.4. The van der Waals surface area contributed by atoms with E-state index in [4.69, 9.17) is 18.6 Å². The van der Waals surface area contributed by atoms with E-state index in [2.05, 4.69) is 95.6 Å². The molecular formula is C23H20Cl2N2Ti-2. The van der Waals surface area contributed by atoms with Crippen molar-refractivity contribution in [3.63, 3.8) is 0 Å². The molecule has 0 unspecified atom stereocenters. The molecule has 0 amide bonds. The maximum atomic E-state index is 4.89. The third-order valence-electron chi connectivity index (χ3n) is 4.37. The Kier molecular flexibility index (Phi) is 8.51. The smallest absolute Gasteiger partial charge is 0.0185 e. The fourth-order valence-corrected chi connectivity index (χ4v) is 3.04. The molecule has 4 rings (SSSR count). The maximum Gasteiger partial charge on any atom is -0.0185 e. The molecule has 142 valence electrons. The standard InChI is InChI=1S/C23H20N2.2ClH.Ti/c1-3-8-20-16-22(12-10-18(20)6-1)24-14-5-15-25-23-13-11-19-7-2-4-9-21(19)17-23;;;/h1-4,6-13,16-17H,5,14-15H2;2*1H;/q-2;;;+2/p-2. The van der Waals surface area contributed by atoms with Gasteiger partial charge in [0, 0.05) is 0 Å². The molecule has 4 aromatic rings. The van der Waals surface area contributed by atoms with Crippen LogP contribution in [0.2, 0.25) is 0 Å². The number of fused-ring (bicyclic) bond motifs is 2. The number of rotatable bonds is 6. The minimum atomic E-state index is -0.556. The Hall–Kier alpha value is -1.71. The number of benzene rings is 4. The Morgan fingerprint density at radius 2 is 0.964 bits per heavy atom. The van der Waals surface area contributed by atoms with Crippen LogP contribution in [0.4, 0.5) is 11.4 Å². The molecule has 2 nitrogen and oxygen atoms in total. The molecule has 0 radical (unpaired) electrons. The summed E-state index contributed by atoms with van der Waals surface area (Å²) in [6, 6.07) is 29.5. The molecule has 0 atom stereocenters. The summed E-state index contributed by atoms with van der Waals surface area (Å²) in [5.74, 6) is 0. The van der Waals surface area contributed by atoms with Gasteiger partial charge in [-0.05, 0) is 21.5 Å². The van der Waals surface area contributed by atoms with Crippen molar-refractivity contribution < 1.29 is 17.0 Å². The van der Waals surface area contributed by atoms with Gasteiger partial charge >= 0.3 is 35.6 Å². The van der Waals surface area contributed by atoms with Crippen molar-refractivity contribution >= 4 is 51.5 Å². The fourth-order valence-electron chi connectivity index (χ4n) is 3.04. The van der Waals surface area contributed by atoms with E-state index in [-0.39, 0.29) is 0 Å². The van der Waals surface area contributed by atoms with Gasteiger partial charge in [0.1, 0.15) is 0 Å². The van der Waals surface area contributed by atoms with Crippen LogP contribution in [0.5, 0.6) is 0 Å². The molecule has 0 aliphatic heterocycles. The molecular weight excluding hydrogens is 423 g/mol. The van der Waals surface area contributed by atoms with Crippen LogP contribution in [0, 0.1) is 0 Å². The van der Waals surface area contributed by atoms with Crippen molar-refractivity contribution in [2.24, 2.45) is 0 Å². The van der Waals surface area contributed by atoms with E-state index in [1.54, 1.807) is 0 Å². The van der Waals surface area contributed by atoms with Gasteiger partial charge in [0.15, 0.2) is 0 Å². The molecule has 0 fully saturated rings.